The molecule has 1 aliphatic heterocycles. The van der Waals surface area contributed by atoms with Gasteiger partial charge in [-0.25, -0.2) is 4.79 Å². The molecule has 2 heterocycles. The molecular formula is C22H29N5O4. The summed E-state index contributed by atoms with van der Waals surface area (Å²) in [6.45, 7) is 3.72. The van der Waals surface area contributed by atoms with E-state index < -0.39 is 0 Å². The number of amides is 2. The van der Waals surface area contributed by atoms with Crippen molar-refractivity contribution in [2.24, 2.45) is 0 Å². The summed E-state index contributed by atoms with van der Waals surface area (Å²) in [6, 6.07) is 6.07. The molecule has 1 saturated heterocycles. The molecule has 2 aromatic rings. The molecule has 9 nitrogen and oxygen atoms in total. The van der Waals surface area contributed by atoms with Crippen LogP contribution in [0.15, 0.2) is 18.2 Å². The standard InChI is InChI=1S/C22H29N5O4/c1-14(28)24-12-17-13-27(22(29)31-17)16-7-8-18-15(11-16)5-3-6-19-20(18)25-26-21(19)23-9-4-10-30-2/h7-8,11,17H,3-6,9-10,12-13H2,1-2H3,(H,24,28)(H2,23,25,26). The maximum atomic E-state index is 12.4. The largest absolute Gasteiger partial charge is 0.442 e. The number of hydrogen-bond acceptors (Lipinski definition) is 6. The molecule has 4 rings (SSSR count). The molecule has 0 spiro atoms. The number of hydrogen-bond donors (Lipinski definition) is 3. The number of cyclic esters (lactones) is 1. The van der Waals surface area contributed by atoms with Gasteiger partial charge >= 0.3 is 6.09 Å². The number of aryl methyl sites for hydroxylation is 1. The Morgan fingerprint density at radius 1 is 1.39 bits per heavy atom. The monoisotopic (exact) mass is 427 g/mol. The molecule has 2 amide bonds. The SMILES string of the molecule is COCCCNc1n[nH]c2c1CCCc1cc(N3CC(CNC(C)=O)OC3=O)ccc1-2. The first kappa shape index (κ1) is 21.2. The molecule has 2 aliphatic rings. The predicted octanol–water partition coefficient (Wildman–Crippen LogP) is 2.48. The quantitative estimate of drug-likeness (QED) is 0.559. The van der Waals surface area contributed by atoms with Gasteiger partial charge in [0.25, 0.3) is 0 Å². The molecule has 0 bridgehead atoms. The van der Waals surface area contributed by atoms with Gasteiger partial charge in [0.1, 0.15) is 6.10 Å². The van der Waals surface area contributed by atoms with Gasteiger partial charge in [0.05, 0.1) is 18.8 Å². The maximum Gasteiger partial charge on any atom is 0.414 e. The molecule has 0 saturated carbocycles. The second kappa shape index (κ2) is 9.38. The van der Waals surface area contributed by atoms with E-state index in [0.717, 1.165) is 61.6 Å². The number of anilines is 2. The van der Waals surface area contributed by atoms with Crippen LogP contribution in [0.4, 0.5) is 16.3 Å². The van der Waals surface area contributed by atoms with Crippen molar-refractivity contribution in [3.05, 3.63) is 29.3 Å². The molecule has 0 radical (unpaired) electrons. The average molecular weight is 428 g/mol. The lowest BCUT2D eigenvalue weighted by molar-refractivity contribution is -0.119. The normalized spacial score (nSPS) is 17.5. The van der Waals surface area contributed by atoms with Gasteiger partial charge in [0.15, 0.2) is 5.82 Å². The maximum absolute atomic E-state index is 12.4. The lowest BCUT2D eigenvalue weighted by atomic mass is 10.0. The first-order valence-corrected chi connectivity index (χ1v) is 10.7. The fraction of sp³-hybridized carbons (Fsp3) is 0.500. The average Bonchev–Trinajstić information content (AvgIpc) is 3.27. The second-order valence-electron chi connectivity index (χ2n) is 7.95. The second-order valence-corrected chi connectivity index (χ2v) is 7.95. The molecule has 1 aromatic heterocycles. The third-order valence-corrected chi connectivity index (χ3v) is 5.68. The Kier molecular flexibility index (Phi) is 6.41. The van der Waals surface area contributed by atoms with Crippen LogP contribution >= 0.6 is 0 Å². The van der Waals surface area contributed by atoms with E-state index in [9.17, 15) is 9.59 Å². The van der Waals surface area contributed by atoms with Gasteiger partial charge in [-0.1, -0.05) is 6.07 Å². The number of methoxy groups -OCH3 is 1. The van der Waals surface area contributed by atoms with Crippen LogP contribution in [0.2, 0.25) is 0 Å². The number of nitrogens with zero attached hydrogens (tertiary/aromatic N) is 2. The van der Waals surface area contributed by atoms with E-state index >= 15 is 0 Å². The molecule has 1 atom stereocenters. The van der Waals surface area contributed by atoms with Crippen molar-refractivity contribution in [2.75, 3.05) is 43.6 Å². The minimum atomic E-state index is -0.381. The van der Waals surface area contributed by atoms with Crippen LogP contribution in [-0.2, 0) is 27.1 Å². The molecule has 1 aromatic carbocycles. The smallest absolute Gasteiger partial charge is 0.414 e. The van der Waals surface area contributed by atoms with E-state index in [-0.39, 0.29) is 18.1 Å². The van der Waals surface area contributed by atoms with Gasteiger partial charge in [0, 0.05) is 44.0 Å². The van der Waals surface area contributed by atoms with E-state index in [0.29, 0.717) is 13.1 Å². The van der Waals surface area contributed by atoms with Crippen molar-refractivity contribution in [3.63, 3.8) is 0 Å². The highest BCUT2D eigenvalue weighted by atomic mass is 16.6. The number of rotatable bonds is 8. The summed E-state index contributed by atoms with van der Waals surface area (Å²) in [6.07, 6.45) is 3.06. The zero-order valence-corrected chi connectivity index (χ0v) is 18.0. The van der Waals surface area contributed by atoms with Gasteiger partial charge < -0.3 is 20.1 Å². The molecule has 1 unspecified atom stereocenters. The van der Waals surface area contributed by atoms with Gasteiger partial charge in [-0.15, -0.1) is 0 Å². The lowest BCUT2D eigenvalue weighted by Gasteiger charge is -2.16. The topological polar surface area (TPSA) is 109 Å². The first-order chi connectivity index (χ1) is 15.1. The van der Waals surface area contributed by atoms with Gasteiger partial charge in [-0.2, -0.15) is 5.10 Å². The van der Waals surface area contributed by atoms with E-state index in [1.807, 2.05) is 6.07 Å². The minimum Gasteiger partial charge on any atom is -0.442 e. The number of benzene rings is 1. The number of carbonyl (C=O) groups excluding carboxylic acids is 2. The van der Waals surface area contributed by atoms with Gasteiger partial charge in [-0.05, 0) is 43.4 Å². The van der Waals surface area contributed by atoms with E-state index in [1.54, 1.807) is 12.0 Å². The van der Waals surface area contributed by atoms with Crippen molar-refractivity contribution < 1.29 is 19.1 Å². The highest BCUT2D eigenvalue weighted by Crippen LogP contribution is 2.36. The van der Waals surface area contributed by atoms with Crippen LogP contribution in [0, 0.1) is 0 Å². The van der Waals surface area contributed by atoms with Crippen molar-refractivity contribution in [3.8, 4) is 11.3 Å². The Morgan fingerprint density at radius 3 is 3.06 bits per heavy atom. The van der Waals surface area contributed by atoms with E-state index in [1.165, 1.54) is 18.1 Å². The molecule has 166 valence electrons. The number of carbonyl (C=O) groups is 2. The van der Waals surface area contributed by atoms with Crippen molar-refractivity contribution in [1.82, 2.24) is 15.5 Å². The minimum absolute atomic E-state index is 0.137. The summed E-state index contributed by atoms with van der Waals surface area (Å²) in [5.74, 6) is 0.773. The van der Waals surface area contributed by atoms with E-state index in [4.69, 9.17) is 9.47 Å². The third-order valence-electron chi connectivity index (χ3n) is 5.68. The number of ether oxygens (including phenoxy) is 2. The molecule has 3 N–H and O–H groups in total. The van der Waals surface area contributed by atoms with Gasteiger partial charge in [-0.3, -0.25) is 14.8 Å². The van der Waals surface area contributed by atoms with Crippen LogP contribution in [0.25, 0.3) is 11.3 Å². The number of aromatic nitrogens is 2. The van der Waals surface area contributed by atoms with Crippen LogP contribution < -0.4 is 15.5 Å². The zero-order valence-electron chi connectivity index (χ0n) is 18.0. The highest BCUT2D eigenvalue weighted by molar-refractivity contribution is 5.90. The molecule has 1 fully saturated rings. The Bertz CT molecular complexity index is 957. The summed E-state index contributed by atoms with van der Waals surface area (Å²) in [5.41, 5.74) is 5.37. The first-order valence-electron chi connectivity index (χ1n) is 10.7. The van der Waals surface area contributed by atoms with Gasteiger partial charge in [0.2, 0.25) is 5.91 Å². The number of H-pyrrole nitrogens is 1. The van der Waals surface area contributed by atoms with Crippen LogP contribution in [-0.4, -0.2) is 61.7 Å². The summed E-state index contributed by atoms with van der Waals surface area (Å²) in [4.78, 5) is 25.1. The number of nitrogens with one attached hydrogen (secondary N) is 3. The summed E-state index contributed by atoms with van der Waals surface area (Å²) < 4.78 is 10.5. The predicted molar refractivity (Wildman–Crippen MR) is 117 cm³/mol. The fourth-order valence-electron chi connectivity index (χ4n) is 4.15. The number of aromatic amines is 1. The van der Waals surface area contributed by atoms with Crippen molar-refractivity contribution in [2.45, 2.75) is 38.7 Å². The molecule has 1 aliphatic carbocycles. The van der Waals surface area contributed by atoms with Crippen LogP contribution in [0.5, 0.6) is 0 Å². The Hall–Kier alpha value is -3.07. The third kappa shape index (κ3) is 4.66. The molecular weight excluding hydrogens is 398 g/mol. The lowest BCUT2D eigenvalue weighted by Crippen LogP contribution is -2.33. The number of fused-ring (bicyclic) bond motifs is 3. The summed E-state index contributed by atoms with van der Waals surface area (Å²) in [5, 5.41) is 13.8. The van der Waals surface area contributed by atoms with E-state index in [2.05, 4.69) is 33.0 Å². The Morgan fingerprint density at radius 2 is 2.26 bits per heavy atom. The molecule has 9 heteroatoms. The van der Waals surface area contributed by atoms with Crippen molar-refractivity contribution >= 4 is 23.5 Å². The fourth-order valence-corrected chi connectivity index (χ4v) is 4.15. The Labute approximate surface area is 181 Å². The Balaban J connectivity index is 1.51. The van der Waals surface area contributed by atoms with Crippen molar-refractivity contribution in [1.29, 1.82) is 0 Å². The molecule has 31 heavy (non-hydrogen) atoms. The van der Waals surface area contributed by atoms with Crippen LogP contribution in [0.1, 0.15) is 30.9 Å². The summed E-state index contributed by atoms with van der Waals surface area (Å²) in [7, 11) is 1.71. The van der Waals surface area contributed by atoms with Crippen LogP contribution in [0.3, 0.4) is 0 Å². The zero-order chi connectivity index (χ0) is 21.8. The highest BCUT2D eigenvalue weighted by Gasteiger charge is 2.33. The summed E-state index contributed by atoms with van der Waals surface area (Å²) >= 11 is 0.